The molecule has 0 atom stereocenters. The second kappa shape index (κ2) is 6.72. The van der Waals surface area contributed by atoms with Gasteiger partial charge in [0.25, 0.3) is 0 Å². The van der Waals surface area contributed by atoms with Gasteiger partial charge in [-0.2, -0.15) is 0 Å². The van der Waals surface area contributed by atoms with Gasteiger partial charge in [0.1, 0.15) is 0 Å². The first-order valence-corrected chi connectivity index (χ1v) is 7.08. The number of hydrogen-bond acceptors (Lipinski definition) is 5. The summed E-state index contributed by atoms with van der Waals surface area (Å²) < 4.78 is 5.01. The lowest BCUT2D eigenvalue weighted by Gasteiger charge is -2.33. The zero-order chi connectivity index (χ0) is 14.5. The van der Waals surface area contributed by atoms with Gasteiger partial charge in [-0.25, -0.2) is 9.80 Å². The lowest BCUT2D eigenvalue weighted by atomic mass is 10.1. The Hall–Kier alpha value is -1.59. The maximum Gasteiger partial charge on any atom is 0.338 e. The fraction of sp³-hybridized carbons (Fsp3) is 0.533. The van der Waals surface area contributed by atoms with Gasteiger partial charge >= 0.3 is 5.97 Å². The molecule has 1 aromatic rings. The second-order valence-electron chi connectivity index (χ2n) is 5.15. The highest BCUT2D eigenvalue weighted by atomic mass is 16.5. The van der Waals surface area contributed by atoms with E-state index in [1.165, 1.54) is 0 Å². The first-order valence-electron chi connectivity index (χ1n) is 7.08. The number of piperazine rings is 1. The van der Waals surface area contributed by atoms with Crippen molar-refractivity contribution in [2.75, 3.05) is 45.3 Å². The molecule has 0 amide bonds. The van der Waals surface area contributed by atoms with E-state index in [0.29, 0.717) is 12.2 Å². The van der Waals surface area contributed by atoms with E-state index in [1.54, 1.807) is 0 Å². The van der Waals surface area contributed by atoms with Gasteiger partial charge in [-0.05, 0) is 44.7 Å². The summed E-state index contributed by atoms with van der Waals surface area (Å²) in [6, 6.07) is 5.62. The van der Waals surface area contributed by atoms with Crippen LogP contribution in [0.2, 0.25) is 0 Å². The van der Waals surface area contributed by atoms with Crippen molar-refractivity contribution >= 4 is 11.7 Å². The number of hydrogen-bond donors (Lipinski definition) is 1. The number of nitrogens with one attached hydrogen (secondary N) is 1. The molecule has 0 unspecified atom stereocenters. The Morgan fingerprint density at radius 2 is 2.00 bits per heavy atom. The summed E-state index contributed by atoms with van der Waals surface area (Å²) in [5.74, 6) is -0.262. The largest absolute Gasteiger partial charge is 0.462 e. The molecule has 2 rings (SSSR count). The molecule has 1 saturated heterocycles. The highest BCUT2D eigenvalue weighted by molar-refractivity contribution is 5.90. The van der Waals surface area contributed by atoms with E-state index in [-0.39, 0.29) is 5.97 Å². The van der Waals surface area contributed by atoms with E-state index in [0.717, 1.165) is 37.4 Å². The number of carbonyl (C=O) groups excluding carboxylic acids is 1. The van der Waals surface area contributed by atoms with Crippen LogP contribution in [-0.4, -0.2) is 55.7 Å². The van der Waals surface area contributed by atoms with Crippen molar-refractivity contribution in [1.29, 1.82) is 0 Å². The summed E-state index contributed by atoms with van der Waals surface area (Å²) in [7, 11) is 2.14. The lowest BCUT2D eigenvalue weighted by Crippen LogP contribution is -2.47. The normalized spacial score (nSPS) is 16.9. The molecule has 0 saturated carbocycles. The third kappa shape index (κ3) is 3.71. The molecular weight excluding hydrogens is 254 g/mol. The predicted octanol–water partition coefficient (Wildman–Crippen LogP) is 1.75. The number of likely N-dealkylation sites (N-methyl/N-ethyl adjacent to an activating group) is 1. The number of benzene rings is 1. The summed E-state index contributed by atoms with van der Waals surface area (Å²) in [6.45, 7) is 8.33. The van der Waals surface area contributed by atoms with Gasteiger partial charge in [0.2, 0.25) is 0 Å². The number of aryl methyl sites for hydroxylation is 1. The maximum absolute atomic E-state index is 11.7. The zero-order valence-electron chi connectivity index (χ0n) is 12.5. The standard InChI is InChI=1S/C15H23N3O2/c1-4-20-15(19)13-5-6-14(12(2)11-13)16-18-9-7-17(3)8-10-18/h5-6,11,16H,4,7-10H2,1-3H3. The molecule has 0 aliphatic carbocycles. The first kappa shape index (κ1) is 14.8. The number of rotatable bonds is 4. The van der Waals surface area contributed by atoms with E-state index in [4.69, 9.17) is 4.74 Å². The highest BCUT2D eigenvalue weighted by Gasteiger charge is 2.15. The number of nitrogens with zero attached hydrogens (tertiary/aromatic N) is 2. The van der Waals surface area contributed by atoms with Gasteiger partial charge in [0, 0.05) is 26.2 Å². The molecular formula is C15H23N3O2. The van der Waals surface area contributed by atoms with Crippen LogP contribution in [-0.2, 0) is 4.74 Å². The molecule has 1 heterocycles. The van der Waals surface area contributed by atoms with Crippen molar-refractivity contribution in [1.82, 2.24) is 9.91 Å². The highest BCUT2D eigenvalue weighted by Crippen LogP contribution is 2.18. The van der Waals surface area contributed by atoms with Gasteiger partial charge in [0.15, 0.2) is 0 Å². The number of esters is 1. The molecule has 110 valence electrons. The Kier molecular flexibility index (Phi) is 4.98. The van der Waals surface area contributed by atoms with Crippen LogP contribution in [0.5, 0.6) is 0 Å². The summed E-state index contributed by atoms with van der Waals surface area (Å²) in [5.41, 5.74) is 6.12. The van der Waals surface area contributed by atoms with Crippen molar-refractivity contribution < 1.29 is 9.53 Å². The number of hydrazine groups is 1. The summed E-state index contributed by atoms with van der Waals surface area (Å²) in [4.78, 5) is 14.0. The van der Waals surface area contributed by atoms with Crippen LogP contribution in [0.4, 0.5) is 5.69 Å². The summed E-state index contributed by atoms with van der Waals surface area (Å²) in [5, 5.41) is 2.21. The van der Waals surface area contributed by atoms with Crippen molar-refractivity contribution in [3.63, 3.8) is 0 Å². The molecule has 1 N–H and O–H groups in total. The van der Waals surface area contributed by atoms with E-state index < -0.39 is 0 Å². The number of ether oxygens (including phenoxy) is 1. The van der Waals surface area contributed by atoms with Gasteiger partial charge in [-0.3, -0.25) is 0 Å². The van der Waals surface area contributed by atoms with Crippen LogP contribution in [0.3, 0.4) is 0 Å². The van der Waals surface area contributed by atoms with Crippen LogP contribution in [0.25, 0.3) is 0 Å². The van der Waals surface area contributed by atoms with Crippen molar-refractivity contribution in [2.45, 2.75) is 13.8 Å². The van der Waals surface area contributed by atoms with E-state index >= 15 is 0 Å². The fourth-order valence-electron chi connectivity index (χ4n) is 2.22. The Morgan fingerprint density at radius 1 is 1.30 bits per heavy atom. The molecule has 1 aromatic carbocycles. The van der Waals surface area contributed by atoms with Gasteiger partial charge < -0.3 is 15.1 Å². The van der Waals surface area contributed by atoms with E-state index in [2.05, 4.69) is 22.4 Å². The van der Waals surface area contributed by atoms with Gasteiger partial charge in [0.05, 0.1) is 17.9 Å². The topological polar surface area (TPSA) is 44.8 Å². The molecule has 1 aliphatic rings. The minimum atomic E-state index is -0.262. The quantitative estimate of drug-likeness (QED) is 0.849. The van der Waals surface area contributed by atoms with Crippen molar-refractivity contribution in [2.24, 2.45) is 0 Å². The molecule has 0 aromatic heterocycles. The third-order valence-corrected chi connectivity index (χ3v) is 3.52. The zero-order valence-corrected chi connectivity index (χ0v) is 12.5. The maximum atomic E-state index is 11.7. The van der Waals surface area contributed by atoms with Crippen molar-refractivity contribution in [3.05, 3.63) is 29.3 Å². The number of anilines is 1. The van der Waals surface area contributed by atoms with E-state index in [1.807, 2.05) is 32.0 Å². The Labute approximate surface area is 120 Å². The SMILES string of the molecule is CCOC(=O)c1ccc(NN2CCN(C)CC2)c(C)c1. The average molecular weight is 277 g/mol. The molecule has 0 radical (unpaired) electrons. The number of carbonyl (C=O) groups is 1. The molecule has 0 bridgehead atoms. The molecule has 5 heteroatoms. The van der Waals surface area contributed by atoms with E-state index in [9.17, 15) is 4.79 Å². The summed E-state index contributed by atoms with van der Waals surface area (Å²) >= 11 is 0. The van der Waals surface area contributed by atoms with Gasteiger partial charge in [-0.15, -0.1) is 0 Å². The van der Waals surface area contributed by atoms with Crippen LogP contribution < -0.4 is 5.43 Å². The molecule has 5 nitrogen and oxygen atoms in total. The van der Waals surface area contributed by atoms with Crippen LogP contribution in [0.15, 0.2) is 18.2 Å². The van der Waals surface area contributed by atoms with Gasteiger partial charge in [-0.1, -0.05) is 0 Å². The second-order valence-corrected chi connectivity index (χ2v) is 5.15. The Morgan fingerprint density at radius 3 is 2.60 bits per heavy atom. The fourth-order valence-corrected chi connectivity index (χ4v) is 2.22. The molecule has 1 fully saturated rings. The third-order valence-electron chi connectivity index (χ3n) is 3.52. The van der Waals surface area contributed by atoms with Crippen LogP contribution >= 0.6 is 0 Å². The van der Waals surface area contributed by atoms with Crippen molar-refractivity contribution in [3.8, 4) is 0 Å². The molecule has 20 heavy (non-hydrogen) atoms. The smallest absolute Gasteiger partial charge is 0.338 e. The minimum absolute atomic E-state index is 0.262. The molecule has 1 aliphatic heterocycles. The Balaban J connectivity index is 2.00. The first-order chi connectivity index (χ1) is 9.60. The monoisotopic (exact) mass is 277 g/mol. The minimum Gasteiger partial charge on any atom is -0.462 e. The Bertz CT molecular complexity index is 468. The molecule has 0 spiro atoms. The van der Waals surface area contributed by atoms with Crippen LogP contribution in [0, 0.1) is 6.92 Å². The predicted molar refractivity (Wildman–Crippen MR) is 79.8 cm³/mol. The van der Waals surface area contributed by atoms with Crippen LogP contribution in [0.1, 0.15) is 22.8 Å². The summed E-state index contributed by atoms with van der Waals surface area (Å²) in [6.07, 6.45) is 0. The lowest BCUT2D eigenvalue weighted by molar-refractivity contribution is 0.0526. The average Bonchev–Trinajstić information content (AvgIpc) is 2.43.